The van der Waals surface area contributed by atoms with Crippen LogP contribution in [0.4, 0.5) is 0 Å². The quantitative estimate of drug-likeness (QED) is 0.878. The van der Waals surface area contributed by atoms with Crippen molar-refractivity contribution in [2.45, 2.75) is 25.3 Å². The van der Waals surface area contributed by atoms with Crippen molar-refractivity contribution in [3.8, 4) is 0 Å². The van der Waals surface area contributed by atoms with Crippen LogP contribution in [0.1, 0.15) is 29.8 Å². The number of amides is 1. The normalized spacial score (nSPS) is 19.9. The maximum Gasteiger partial charge on any atom is 0.326 e. The van der Waals surface area contributed by atoms with Crippen molar-refractivity contribution in [1.29, 1.82) is 0 Å². The monoisotopic (exact) mass is 290 g/mol. The molecule has 0 bridgehead atoms. The minimum atomic E-state index is -0.980. The first-order chi connectivity index (χ1) is 8.50. The molecule has 2 heterocycles. The Morgan fingerprint density at radius 2 is 2.11 bits per heavy atom. The van der Waals surface area contributed by atoms with E-state index in [4.69, 9.17) is 28.3 Å². The standard InChI is InChI=1S/C11H12Cl2N2O3/c12-6-5-7(14-9(6)13)10(16)15-4-2-1-3-8(15)11(17)18/h5,8,14H,1-4H2,(H,17,18)/t8-/m0/s1. The molecule has 1 saturated heterocycles. The van der Waals surface area contributed by atoms with Crippen LogP contribution in [0.2, 0.25) is 10.2 Å². The van der Waals surface area contributed by atoms with Gasteiger partial charge in [-0.1, -0.05) is 23.2 Å². The van der Waals surface area contributed by atoms with Crippen LogP contribution in [0.15, 0.2) is 6.07 Å². The van der Waals surface area contributed by atoms with Gasteiger partial charge in [0.05, 0.1) is 5.02 Å². The van der Waals surface area contributed by atoms with Crippen molar-refractivity contribution >= 4 is 35.1 Å². The van der Waals surface area contributed by atoms with Crippen molar-refractivity contribution in [3.63, 3.8) is 0 Å². The van der Waals surface area contributed by atoms with E-state index >= 15 is 0 Å². The van der Waals surface area contributed by atoms with Crippen LogP contribution in [0, 0.1) is 0 Å². The van der Waals surface area contributed by atoms with Crippen molar-refractivity contribution in [2.75, 3.05) is 6.54 Å². The van der Waals surface area contributed by atoms with Gasteiger partial charge in [-0.05, 0) is 25.3 Å². The van der Waals surface area contributed by atoms with Gasteiger partial charge in [-0.3, -0.25) is 4.79 Å². The van der Waals surface area contributed by atoms with Crippen molar-refractivity contribution in [2.24, 2.45) is 0 Å². The molecule has 0 aromatic carbocycles. The number of halogens is 2. The van der Waals surface area contributed by atoms with Crippen LogP contribution in [0.25, 0.3) is 0 Å². The Hall–Kier alpha value is -1.20. The van der Waals surface area contributed by atoms with Crippen LogP contribution in [0.3, 0.4) is 0 Å². The maximum atomic E-state index is 12.2. The molecule has 7 heteroatoms. The highest BCUT2D eigenvalue weighted by molar-refractivity contribution is 6.41. The summed E-state index contributed by atoms with van der Waals surface area (Å²) < 4.78 is 0. The van der Waals surface area contributed by atoms with E-state index < -0.39 is 12.0 Å². The summed E-state index contributed by atoms with van der Waals surface area (Å²) >= 11 is 11.5. The van der Waals surface area contributed by atoms with E-state index in [2.05, 4.69) is 4.98 Å². The summed E-state index contributed by atoms with van der Waals surface area (Å²) in [5.41, 5.74) is 0.221. The molecule has 0 saturated carbocycles. The lowest BCUT2D eigenvalue weighted by Gasteiger charge is -2.32. The number of carbonyl (C=O) groups is 2. The number of carboxylic acids is 1. The van der Waals surface area contributed by atoms with E-state index in [1.165, 1.54) is 11.0 Å². The van der Waals surface area contributed by atoms with Crippen molar-refractivity contribution in [1.82, 2.24) is 9.88 Å². The molecule has 98 valence electrons. The van der Waals surface area contributed by atoms with Crippen molar-refractivity contribution in [3.05, 3.63) is 21.9 Å². The van der Waals surface area contributed by atoms with Crippen LogP contribution < -0.4 is 0 Å². The molecule has 0 radical (unpaired) electrons. The number of rotatable bonds is 2. The Labute approximate surface area is 114 Å². The number of carbonyl (C=O) groups excluding carboxylic acids is 1. The van der Waals surface area contributed by atoms with Crippen LogP contribution in [-0.2, 0) is 4.79 Å². The molecular formula is C11H12Cl2N2O3. The molecule has 0 aliphatic carbocycles. The Bertz CT molecular complexity index is 467. The third-order valence-corrected chi connectivity index (χ3v) is 3.70. The molecule has 1 fully saturated rings. The zero-order chi connectivity index (χ0) is 13.3. The summed E-state index contributed by atoms with van der Waals surface area (Å²) in [6.07, 6.45) is 2.09. The van der Waals surface area contributed by atoms with Gasteiger partial charge in [0, 0.05) is 6.54 Å². The first kappa shape index (κ1) is 13.2. The molecule has 2 N–H and O–H groups in total. The Morgan fingerprint density at radius 3 is 2.67 bits per heavy atom. The fraction of sp³-hybridized carbons (Fsp3) is 0.455. The van der Waals surface area contributed by atoms with E-state index in [9.17, 15) is 9.59 Å². The number of hydrogen-bond donors (Lipinski definition) is 2. The predicted molar refractivity (Wildman–Crippen MR) is 67.1 cm³/mol. The van der Waals surface area contributed by atoms with E-state index in [0.717, 1.165) is 12.8 Å². The van der Waals surface area contributed by atoms with Crippen LogP contribution >= 0.6 is 23.2 Å². The topological polar surface area (TPSA) is 73.4 Å². The summed E-state index contributed by atoms with van der Waals surface area (Å²) in [5, 5.41) is 9.55. The Morgan fingerprint density at radius 1 is 1.39 bits per heavy atom. The second-order valence-corrected chi connectivity index (χ2v) is 4.98. The van der Waals surface area contributed by atoms with Gasteiger partial charge in [-0.15, -0.1) is 0 Å². The van der Waals surface area contributed by atoms with Gasteiger partial charge in [0.1, 0.15) is 16.9 Å². The smallest absolute Gasteiger partial charge is 0.326 e. The summed E-state index contributed by atoms with van der Waals surface area (Å²) in [5.74, 6) is -1.36. The molecule has 1 aliphatic rings. The lowest BCUT2D eigenvalue weighted by Crippen LogP contribution is -2.48. The zero-order valence-electron chi connectivity index (χ0n) is 9.45. The minimum absolute atomic E-state index is 0.184. The number of nitrogens with zero attached hydrogens (tertiary/aromatic N) is 1. The SMILES string of the molecule is O=C(O)[C@@H]1CCCCN1C(=O)c1cc(Cl)c(Cl)[nH]1. The van der Waals surface area contributed by atoms with E-state index in [1.54, 1.807) is 0 Å². The summed E-state index contributed by atoms with van der Waals surface area (Å²) in [6.45, 7) is 0.435. The van der Waals surface area contributed by atoms with E-state index in [-0.39, 0.29) is 21.8 Å². The van der Waals surface area contributed by atoms with Gasteiger partial charge < -0.3 is 15.0 Å². The fourth-order valence-corrected chi connectivity index (χ4v) is 2.42. The minimum Gasteiger partial charge on any atom is -0.480 e. The Kier molecular flexibility index (Phi) is 3.82. The molecule has 2 rings (SSSR count). The molecule has 0 unspecified atom stereocenters. The van der Waals surface area contributed by atoms with Crippen LogP contribution in [-0.4, -0.2) is 39.5 Å². The highest BCUT2D eigenvalue weighted by Crippen LogP contribution is 2.25. The average molecular weight is 291 g/mol. The molecule has 1 aromatic heterocycles. The van der Waals surface area contributed by atoms with Gasteiger partial charge in [-0.25, -0.2) is 4.79 Å². The van der Waals surface area contributed by atoms with Gasteiger partial charge in [0.15, 0.2) is 0 Å². The Balaban J connectivity index is 2.23. The summed E-state index contributed by atoms with van der Waals surface area (Å²) in [4.78, 5) is 27.3. The first-order valence-corrected chi connectivity index (χ1v) is 6.34. The zero-order valence-corrected chi connectivity index (χ0v) is 11.0. The molecule has 0 spiro atoms. The van der Waals surface area contributed by atoms with Gasteiger partial charge in [0.2, 0.25) is 0 Å². The van der Waals surface area contributed by atoms with Crippen LogP contribution in [0.5, 0.6) is 0 Å². The highest BCUT2D eigenvalue weighted by atomic mass is 35.5. The lowest BCUT2D eigenvalue weighted by molar-refractivity contribution is -0.143. The molecule has 1 amide bonds. The second kappa shape index (κ2) is 5.20. The fourth-order valence-electron chi connectivity index (χ4n) is 2.11. The first-order valence-electron chi connectivity index (χ1n) is 5.58. The third kappa shape index (κ3) is 2.47. The number of H-pyrrole nitrogens is 1. The number of hydrogen-bond acceptors (Lipinski definition) is 2. The average Bonchev–Trinajstić information content (AvgIpc) is 2.68. The number of likely N-dealkylation sites (tertiary alicyclic amines) is 1. The summed E-state index contributed by atoms with van der Waals surface area (Å²) in [6, 6.07) is 0.645. The third-order valence-electron chi connectivity index (χ3n) is 3.00. The lowest BCUT2D eigenvalue weighted by atomic mass is 10.0. The van der Waals surface area contributed by atoms with Gasteiger partial charge in [-0.2, -0.15) is 0 Å². The molecular weight excluding hydrogens is 279 g/mol. The van der Waals surface area contributed by atoms with Gasteiger partial charge in [0.25, 0.3) is 5.91 Å². The molecule has 1 aliphatic heterocycles. The number of aromatic amines is 1. The molecule has 18 heavy (non-hydrogen) atoms. The van der Waals surface area contributed by atoms with E-state index in [0.29, 0.717) is 13.0 Å². The maximum absolute atomic E-state index is 12.2. The summed E-state index contributed by atoms with van der Waals surface area (Å²) in [7, 11) is 0. The number of carboxylic acid groups (broad SMARTS) is 1. The number of aromatic nitrogens is 1. The highest BCUT2D eigenvalue weighted by Gasteiger charge is 2.33. The molecule has 1 atom stereocenters. The predicted octanol–water partition coefficient (Wildman–Crippen LogP) is 2.40. The van der Waals surface area contributed by atoms with Gasteiger partial charge >= 0.3 is 5.97 Å². The number of piperidine rings is 1. The number of aliphatic carboxylic acids is 1. The molecule has 5 nitrogen and oxygen atoms in total. The largest absolute Gasteiger partial charge is 0.480 e. The molecule has 1 aromatic rings. The van der Waals surface area contributed by atoms with Crippen molar-refractivity contribution < 1.29 is 14.7 Å². The number of nitrogens with one attached hydrogen (secondary N) is 1. The second-order valence-electron chi connectivity index (χ2n) is 4.19. The van der Waals surface area contributed by atoms with E-state index in [1.807, 2.05) is 0 Å².